The summed E-state index contributed by atoms with van der Waals surface area (Å²) in [5.41, 5.74) is 5.75. The summed E-state index contributed by atoms with van der Waals surface area (Å²) in [6.45, 7) is 0.401. The van der Waals surface area contributed by atoms with Crippen molar-refractivity contribution in [3.63, 3.8) is 0 Å². The number of rotatable bonds is 8. The summed E-state index contributed by atoms with van der Waals surface area (Å²) in [7, 11) is 1.59. The first-order valence-corrected chi connectivity index (χ1v) is 13.2. The molecular weight excluding hydrogens is 514 g/mol. The molecule has 0 spiro atoms. The minimum atomic E-state index is -0.317. The maximum absolute atomic E-state index is 12.9. The molecule has 0 aliphatic heterocycles. The highest BCUT2D eigenvalue weighted by Gasteiger charge is 2.13. The van der Waals surface area contributed by atoms with Gasteiger partial charge in [0.1, 0.15) is 13.2 Å². The predicted octanol–water partition coefficient (Wildman–Crippen LogP) is 6.05. The smallest absolute Gasteiger partial charge is 0.260 e. The molecule has 202 valence electrons. The van der Waals surface area contributed by atoms with Gasteiger partial charge in [-0.2, -0.15) is 5.10 Å². The maximum atomic E-state index is 12.9. The van der Waals surface area contributed by atoms with E-state index in [9.17, 15) is 9.59 Å². The number of nitrogens with one attached hydrogen (secondary N) is 1. The Morgan fingerprint density at radius 2 is 1.46 bits per heavy atom. The van der Waals surface area contributed by atoms with Crippen LogP contribution in [-0.4, -0.2) is 23.8 Å². The molecule has 6 aromatic rings. The fourth-order valence-corrected chi connectivity index (χ4v) is 5.06. The minimum Gasteiger partial charge on any atom is -0.493 e. The van der Waals surface area contributed by atoms with Crippen LogP contribution in [0.3, 0.4) is 0 Å². The van der Waals surface area contributed by atoms with Crippen LogP contribution in [0.2, 0.25) is 0 Å². The van der Waals surface area contributed by atoms with Gasteiger partial charge in [0.15, 0.2) is 16.9 Å². The van der Waals surface area contributed by atoms with Gasteiger partial charge in [0.05, 0.1) is 24.4 Å². The summed E-state index contributed by atoms with van der Waals surface area (Å²) in [5, 5.41) is 7.60. The summed E-state index contributed by atoms with van der Waals surface area (Å²) in [5.74, 6) is 0.854. The number of carbonyl (C=O) groups is 1. The molecule has 7 heteroatoms. The van der Waals surface area contributed by atoms with Crippen molar-refractivity contribution in [3.05, 3.63) is 131 Å². The number of amides is 1. The summed E-state index contributed by atoms with van der Waals surface area (Å²) in [6, 6.07) is 34.4. The van der Waals surface area contributed by atoms with Gasteiger partial charge in [-0.25, -0.2) is 5.43 Å². The van der Waals surface area contributed by atoms with Crippen LogP contribution in [0.5, 0.6) is 11.5 Å². The first-order chi connectivity index (χ1) is 20.1. The number of fused-ring (bicyclic) bond motifs is 3. The van der Waals surface area contributed by atoms with Crippen LogP contribution in [0.25, 0.3) is 32.6 Å². The minimum absolute atomic E-state index is 0.00289. The predicted molar refractivity (Wildman–Crippen MR) is 163 cm³/mol. The Labute approximate surface area is 236 Å². The number of hydrogen-bond donors (Lipinski definition) is 1. The molecule has 1 heterocycles. The lowest BCUT2D eigenvalue weighted by Crippen LogP contribution is -2.25. The first-order valence-electron chi connectivity index (χ1n) is 13.2. The van der Waals surface area contributed by atoms with Gasteiger partial charge in [-0.05, 0) is 64.4 Å². The van der Waals surface area contributed by atoms with E-state index in [-0.39, 0.29) is 17.9 Å². The van der Waals surface area contributed by atoms with E-state index in [0.29, 0.717) is 39.9 Å². The van der Waals surface area contributed by atoms with Crippen LogP contribution in [0.15, 0.2) is 119 Å². The Morgan fingerprint density at radius 3 is 2.20 bits per heavy atom. The summed E-state index contributed by atoms with van der Waals surface area (Å²) < 4.78 is 13.5. The maximum Gasteiger partial charge on any atom is 0.260 e. The molecule has 1 amide bonds. The monoisotopic (exact) mass is 541 g/mol. The van der Waals surface area contributed by atoms with Gasteiger partial charge in [-0.3, -0.25) is 9.59 Å². The molecule has 1 N–H and O–H groups in total. The van der Waals surface area contributed by atoms with E-state index in [1.165, 1.54) is 0 Å². The third-order valence-electron chi connectivity index (χ3n) is 7.03. The SMILES string of the molecule is COc1cc(/C=N/NC(=O)Cn2c3ccccc3c(=O)c3ccccc32)ccc1OCc1cccc2ccccc12. The zero-order valence-electron chi connectivity index (χ0n) is 22.4. The number of nitrogens with zero attached hydrogens (tertiary/aromatic N) is 2. The molecule has 1 aromatic heterocycles. The molecule has 0 bridgehead atoms. The van der Waals surface area contributed by atoms with E-state index in [0.717, 1.165) is 21.9 Å². The van der Waals surface area contributed by atoms with Crippen LogP contribution in [-0.2, 0) is 17.9 Å². The highest BCUT2D eigenvalue weighted by molar-refractivity contribution is 5.95. The molecule has 0 unspecified atom stereocenters. The van der Waals surface area contributed by atoms with Gasteiger partial charge < -0.3 is 14.0 Å². The molecule has 5 aromatic carbocycles. The van der Waals surface area contributed by atoms with E-state index >= 15 is 0 Å². The van der Waals surface area contributed by atoms with Crippen molar-refractivity contribution in [1.82, 2.24) is 9.99 Å². The number of ether oxygens (including phenoxy) is 2. The molecule has 0 saturated carbocycles. The molecule has 7 nitrogen and oxygen atoms in total. The summed E-state index contributed by atoms with van der Waals surface area (Å²) in [6.07, 6.45) is 1.55. The highest BCUT2D eigenvalue weighted by Crippen LogP contribution is 2.29. The van der Waals surface area contributed by atoms with Crippen molar-refractivity contribution in [1.29, 1.82) is 0 Å². The van der Waals surface area contributed by atoms with Gasteiger partial charge in [-0.15, -0.1) is 0 Å². The van der Waals surface area contributed by atoms with Crippen molar-refractivity contribution in [2.24, 2.45) is 5.10 Å². The van der Waals surface area contributed by atoms with E-state index in [4.69, 9.17) is 9.47 Å². The van der Waals surface area contributed by atoms with Crippen LogP contribution >= 0.6 is 0 Å². The van der Waals surface area contributed by atoms with Crippen molar-refractivity contribution in [2.75, 3.05) is 7.11 Å². The zero-order valence-corrected chi connectivity index (χ0v) is 22.4. The van der Waals surface area contributed by atoms with Gasteiger partial charge in [0, 0.05) is 10.8 Å². The number of benzene rings is 5. The zero-order chi connectivity index (χ0) is 28.2. The molecule has 0 saturated heterocycles. The van der Waals surface area contributed by atoms with E-state index in [2.05, 4.69) is 34.8 Å². The van der Waals surface area contributed by atoms with E-state index in [1.807, 2.05) is 71.3 Å². The Bertz CT molecular complexity index is 1930. The Balaban J connectivity index is 1.16. The fourth-order valence-electron chi connectivity index (χ4n) is 5.06. The van der Waals surface area contributed by atoms with Gasteiger partial charge in [-0.1, -0.05) is 66.7 Å². The number of aromatic nitrogens is 1. The number of hydrogen-bond acceptors (Lipinski definition) is 5. The molecular formula is C34H27N3O4. The van der Waals surface area contributed by atoms with E-state index in [1.54, 1.807) is 31.5 Å². The van der Waals surface area contributed by atoms with Crippen molar-refractivity contribution in [2.45, 2.75) is 13.2 Å². The lowest BCUT2D eigenvalue weighted by molar-refractivity contribution is -0.121. The largest absolute Gasteiger partial charge is 0.493 e. The number of para-hydroxylation sites is 2. The molecule has 41 heavy (non-hydrogen) atoms. The standard InChI is InChI=1S/C34H27N3O4/c1-40-32-19-23(17-18-31(32)41-22-25-11-8-10-24-9-2-3-12-26(24)25)20-35-36-33(38)21-37-29-15-6-4-13-27(29)34(39)28-14-5-7-16-30(28)37/h2-20H,21-22H2,1H3,(H,36,38)/b35-20+. The third-order valence-corrected chi connectivity index (χ3v) is 7.03. The number of carbonyl (C=O) groups excluding carboxylic acids is 1. The normalized spacial score (nSPS) is 11.3. The average Bonchev–Trinajstić information content (AvgIpc) is 3.02. The summed E-state index contributed by atoms with van der Waals surface area (Å²) in [4.78, 5) is 25.8. The Hall–Kier alpha value is -5.43. The molecule has 0 atom stereocenters. The van der Waals surface area contributed by atoms with Crippen LogP contribution < -0.4 is 20.3 Å². The lowest BCUT2D eigenvalue weighted by Gasteiger charge is -2.14. The quantitative estimate of drug-likeness (QED) is 0.145. The molecule has 0 fully saturated rings. The molecule has 6 rings (SSSR count). The Kier molecular flexibility index (Phi) is 7.15. The number of pyridine rings is 1. The van der Waals surface area contributed by atoms with Crippen LogP contribution in [0.1, 0.15) is 11.1 Å². The number of methoxy groups -OCH3 is 1. The van der Waals surface area contributed by atoms with Gasteiger partial charge in [0.2, 0.25) is 0 Å². The van der Waals surface area contributed by atoms with Gasteiger partial charge >= 0.3 is 0 Å². The average molecular weight is 542 g/mol. The number of hydrazone groups is 1. The second-order valence-corrected chi connectivity index (χ2v) is 9.58. The Morgan fingerprint density at radius 1 is 0.805 bits per heavy atom. The first kappa shape index (κ1) is 25.8. The molecule has 0 aliphatic rings. The molecule has 0 radical (unpaired) electrons. The van der Waals surface area contributed by atoms with Gasteiger partial charge in [0.25, 0.3) is 5.91 Å². The van der Waals surface area contributed by atoms with E-state index < -0.39 is 0 Å². The molecule has 0 aliphatic carbocycles. The highest BCUT2D eigenvalue weighted by atomic mass is 16.5. The van der Waals surface area contributed by atoms with Crippen LogP contribution in [0, 0.1) is 0 Å². The van der Waals surface area contributed by atoms with Crippen LogP contribution in [0.4, 0.5) is 0 Å². The lowest BCUT2D eigenvalue weighted by atomic mass is 10.1. The summed E-state index contributed by atoms with van der Waals surface area (Å²) >= 11 is 0. The van der Waals surface area contributed by atoms with Crippen molar-refractivity contribution >= 4 is 44.7 Å². The third kappa shape index (κ3) is 5.25. The topological polar surface area (TPSA) is 81.9 Å². The second-order valence-electron chi connectivity index (χ2n) is 9.58. The second kappa shape index (κ2) is 11.4. The van der Waals surface area contributed by atoms with Crippen molar-refractivity contribution < 1.29 is 14.3 Å². The fraction of sp³-hybridized carbons (Fsp3) is 0.0882. The van der Waals surface area contributed by atoms with Crippen molar-refractivity contribution in [3.8, 4) is 11.5 Å².